The second-order valence-electron chi connectivity index (χ2n) is 5.20. The Morgan fingerprint density at radius 1 is 1.29 bits per heavy atom. The molecule has 0 saturated carbocycles. The molecule has 0 bridgehead atoms. The van der Waals surface area contributed by atoms with Crippen LogP contribution in [0.2, 0.25) is 0 Å². The van der Waals surface area contributed by atoms with Gasteiger partial charge in [0.15, 0.2) is 0 Å². The van der Waals surface area contributed by atoms with Gasteiger partial charge in [-0.3, -0.25) is 0 Å². The molecule has 0 heterocycles. The van der Waals surface area contributed by atoms with Crippen molar-refractivity contribution in [2.75, 3.05) is 13.6 Å². The first kappa shape index (κ1) is 17.6. The van der Waals surface area contributed by atoms with Crippen LogP contribution in [-0.4, -0.2) is 48.6 Å². The van der Waals surface area contributed by atoms with Gasteiger partial charge in [0.2, 0.25) is 10.0 Å². The number of carbonyl (C=O) groups is 1. The predicted molar refractivity (Wildman–Crippen MR) is 79.0 cm³/mol. The Bertz CT molecular complexity index is 637. The summed E-state index contributed by atoms with van der Waals surface area (Å²) in [6, 6.07) is 2.75. The fourth-order valence-electron chi connectivity index (χ4n) is 2.00. The minimum Gasteiger partial charge on any atom is -0.478 e. The molecule has 1 atom stereocenters. The molecule has 0 aliphatic carbocycles. The maximum atomic E-state index is 12.5. The lowest BCUT2D eigenvalue weighted by Crippen LogP contribution is -2.30. The van der Waals surface area contributed by atoms with E-state index in [1.807, 2.05) is 0 Å². The molecule has 0 saturated heterocycles. The molecule has 2 N–H and O–H groups in total. The van der Waals surface area contributed by atoms with Crippen LogP contribution in [0.4, 0.5) is 0 Å². The third-order valence-corrected chi connectivity index (χ3v) is 5.30. The van der Waals surface area contributed by atoms with Crippen molar-refractivity contribution in [3.8, 4) is 0 Å². The van der Waals surface area contributed by atoms with Crippen molar-refractivity contribution in [2.24, 2.45) is 0 Å². The van der Waals surface area contributed by atoms with Crippen molar-refractivity contribution in [2.45, 2.75) is 38.2 Å². The third kappa shape index (κ3) is 4.03. The zero-order valence-corrected chi connectivity index (χ0v) is 13.4. The minimum absolute atomic E-state index is 0.0152. The predicted octanol–water partition coefficient (Wildman–Crippen LogP) is 1.39. The van der Waals surface area contributed by atoms with Crippen LogP contribution >= 0.6 is 0 Å². The van der Waals surface area contributed by atoms with E-state index in [4.69, 9.17) is 5.11 Å². The Morgan fingerprint density at radius 2 is 1.86 bits per heavy atom. The van der Waals surface area contributed by atoms with Gasteiger partial charge in [-0.2, -0.15) is 0 Å². The fourth-order valence-corrected chi connectivity index (χ4v) is 3.41. The van der Waals surface area contributed by atoms with Crippen molar-refractivity contribution in [1.82, 2.24) is 4.31 Å². The Morgan fingerprint density at radius 3 is 2.33 bits per heavy atom. The largest absolute Gasteiger partial charge is 0.478 e. The van der Waals surface area contributed by atoms with Gasteiger partial charge < -0.3 is 10.2 Å². The molecule has 21 heavy (non-hydrogen) atoms. The molecule has 0 aliphatic heterocycles. The van der Waals surface area contributed by atoms with E-state index in [0.29, 0.717) is 17.5 Å². The summed E-state index contributed by atoms with van der Waals surface area (Å²) in [5, 5.41) is 18.4. The number of aliphatic hydroxyl groups is 1. The zero-order chi connectivity index (χ0) is 16.4. The lowest BCUT2D eigenvalue weighted by Gasteiger charge is -2.20. The number of nitrogens with zero attached hydrogens (tertiary/aromatic N) is 1. The maximum Gasteiger partial charge on any atom is 0.335 e. The Balaban J connectivity index is 3.25. The van der Waals surface area contributed by atoms with Crippen LogP contribution in [0.15, 0.2) is 17.0 Å². The summed E-state index contributed by atoms with van der Waals surface area (Å²) < 4.78 is 26.1. The Labute approximate surface area is 125 Å². The first-order valence-electron chi connectivity index (χ1n) is 6.56. The van der Waals surface area contributed by atoms with Crippen LogP contribution in [0.25, 0.3) is 0 Å². The van der Waals surface area contributed by atoms with Gasteiger partial charge in [-0.1, -0.05) is 6.07 Å². The van der Waals surface area contributed by atoms with E-state index in [0.717, 1.165) is 4.31 Å². The molecule has 1 unspecified atom stereocenters. The molecule has 1 aromatic carbocycles. The number of carboxylic acids is 1. The second kappa shape index (κ2) is 6.55. The molecule has 0 radical (unpaired) electrons. The number of carboxylic acid groups (broad SMARTS) is 1. The monoisotopic (exact) mass is 315 g/mol. The molecule has 118 valence electrons. The molecule has 0 spiro atoms. The minimum atomic E-state index is -3.78. The Hall–Kier alpha value is -1.44. The SMILES string of the molecule is Cc1cc(C)c(S(=O)(=O)N(C)CCC(C)O)cc1C(=O)O. The zero-order valence-electron chi connectivity index (χ0n) is 12.6. The van der Waals surface area contributed by atoms with Gasteiger partial charge in [0, 0.05) is 13.6 Å². The number of sulfonamides is 1. The number of rotatable bonds is 6. The van der Waals surface area contributed by atoms with E-state index in [-0.39, 0.29) is 17.0 Å². The van der Waals surface area contributed by atoms with Crippen molar-refractivity contribution >= 4 is 16.0 Å². The topological polar surface area (TPSA) is 94.9 Å². The highest BCUT2D eigenvalue weighted by molar-refractivity contribution is 7.89. The number of benzene rings is 1. The summed E-state index contributed by atoms with van der Waals surface area (Å²) in [6.45, 7) is 5.01. The Kier molecular flexibility index (Phi) is 5.49. The number of aromatic carboxylic acids is 1. The normalized spacial score (nSPS) is 13.4. The number of aliphatic hydroxyl groups excluding tert-OH is 1. The summed E-state index contributed by atoms with van der Waals surface area (Å²) in [5.74, 6) is -1.16. The van der Waals surface area contributed by atoms with Crippen molar-refractivity contribution < 1.29 is 23.4 Å². The van der Waals surface area contributed by atoms with Crippen LogP contribution in [0.1, 0.15) is 34.8 Å². The van der Waals surface area contributed by atoms with Gasteiger partial charge >= 0.3 is 5.97 Å². The van der Waals surface area contributed by atoms with Gasteiger partial charge in [0.05, 0.1) is 16.6 Å². The van der Waals surface area contributed by atoms with Crippen LogP contribution in [0, 0.1) is 13.8 Å². The molecule has 0 aliphatic rings. The average Bonchev–Trinajstić information content (AvgIpc) is 2.34. The van der Waals surface area contributed by atoms with E-state index in [1.54, 1.807) is 26.8 Å². The molecule has 0 fully saturated rings. The van der Waals surface area contributed by atoms with E-state index >= 15 is 0 Å². The van der Waals surface area contributed by atoms with Gasteiger partial charge in [-0.25, -0.2) is 17.5 Å². The molecule has 1 aromatic rings. The van der Waals surface area contributed by atoms with Crippen molar-refractivity contribution in [3.63, 3.8) is 0 Å². The lowest BCUT2D eigenvalue weighted by molar-refractivity contribution is 0.0696. The van der Waals surface area contributed by atoms with Crippen molar-refractivity contribution in [1.29, 1.82) is 0 Å². The van der Waals surface area contributed by atoms with E-state index < -0.39 is 22.1 Å². The van der Waals surface area contributed by atoms with Crippen LogP contribution in [-0.2, 0) is 10.0 Å². The molecule has 6 nitrogen and oxygen atoms in total. The third-order valence-electron chi connectivity index (χ3n) is 3.30. The highest BCUT2D eigenvalue weighted by Crippen LogP contribution is 2.23. The number of hydrogen-bond donors (Lipinski definition) is 2. The quantitative estimate of drug-likeness (QED) is 0.827. The molecular formula is C14H21NO5S. The maximum absolute atomic E-state index is 12.5. The molecule has 7 heteroatoms. The standard InChI is InChI=1S/C14H21NO5S/c1-9-7-10(2)13(8-12(9)14(17)18)21(19,20)15(4)6-5-11(3)16/h7-8,11,16H,5-6H2,1-4H3,(H,17,18). The summed E-state index contributed by atoms with van der Waals surface area (Å²) in [4.78, 5) is 11.1. The van der Waals surface area contributed by atoms with E-state index in [1.165, 1.54) is 13.1 Å². The van der Waals surface area contributed by atoms with Crippen molar-refractivity contribution in [3.05, 3.63) is 28.8 Å². The van der Waals surface area contributed by atoms with E-state index in [2.05, 4.69) is 0 Å². The molecule has 1 rings (SSSR count). The van der Waals surface area contributed by atoms with Crippen LogP contribution in [0.3, 0.4) is 0 Å². The van der Waals surface area contributed by atoms with Gasteiger partial charge in [0.25, 0.3) is 0 Å². The van der Waals surface area contributed by atoms with Gasteiger partial charge in [0.1, 0.15) is 0 Å². The average molecular weight is 315 g/mol. The summed E-state index contributed by atoms with van der Waals surface area (Å²) in [5.41, 5.74) is 0.995. The van der Waals surface area contributed by atoms with Crippen LogP contribution in [0.5, 0.6) is 0 Å². The highest BCUT2D eigenvalue weighted by atomic mass is 32.2. The first-order valence-corrected chi connectivity index (χ1v) is 8.00. The summed E-state index contributed by atoms with van der Waals surface area (Å²) >= 11 is 0. The van der Waals surface area contributed by atoms with Gasteiger partial charge in [-0.15, -0.1) is 0 Å². The molecule has 0 amide bonds. The smallest absolute Gasteiger partial charge is 0.335 e. The lowest BCUT2D eigenvalue weighted by atomic mass is 10.1. The second-order valence-corrected chi connectivity index (χ2v) is 7.22. The van der Waals surface area contributed by atoms with Crippen LogP contribution < -0.4 is 0 Å². The molecular weight excluding hydrogens is 294 g/mol. The first-order chi connectivity index (χ1) is 9.57. The molecule has 0 aromatic heterocycles. The summed E-state index contributed by atoms with van der Waals surface area (Å²) in [6.07, 6.45) is -0.289. The van der Waals surface area contributed by atoms with E-state index in [9.17, 15) is 18.3 Å². The summed E-state index contributed by atoms with van der Waals surface area (Å²) in [7, 11) is -2.37. The van der Waals surface area contributed by atoms with Gasteiger partial charge in [-0.05, 0) is 44.4 Å². The number of aryl methyl sites for hydroxylation is 2. The number of hydrogen-bond acceptors (Lipinski definition) is 4. The fraction of sp³-hybridized carbons (Fsp3) is 0.500. The highest BCUT2D eigenvalue weighted by Gasteiger charge is 2.25.